The Hall–Kier alpha value is -0.770. The van der Waals surface area contributed by atoms with Crippen LogP contribution in [0.1, 0.15) is 31.2 Å². The van der Waals surface area contributed by atoms with Gasteiger partial charge in [0.05, 0.1) is 6.10 Å². The summed E-state index contributed by atoms with van der Waals surface area (Å²) in [5, 5.41) is 14.0. The van der Waals surface area contributed by atoms with Crippen LogP contribution in [0.15, 0.2) is 18.2 Å². The summed E-state index contributed by atoms with van der Waals surface area (Å²) in [5.74, 6) is 0. The van der Waals surface area contributed by atoms with Gasteiger partial charge in [0, 0.05) is 36.4 Å². The van der Waals surface area contributed by atoms with Crippen molar-refractivity contribution in [3.8, 4) is 0 Å². The summed E-state index contributed by atoms with van der Waals surface area (Å²) < 4.78 is 0. The molecule has 3 nitrogen and oxygen atoms in total. The van der Waals surface area contributed by atoms with Crippen molar-refractivity contribution in [2.45, 2.75) is 44.4 Å². The largest absolute Gasteiger partial charge is 0.393 e. The third kappa shape index (κ3) is 3.41. The number of nitrogens with one attached hydrogen (secondary N) is 1. The van der Waals surface area contributed by atoms with Gasteiger partial charge in [-0.1, -0.05) is 11.6 Å². The predicted molar refractivity (Wildman–Crippen MR) is 78.8 cm³/mol. The van der Waals surface area contributed by atoms with E-state index < -0.39 is 0 Å². The number of nitrogens with zero attached hydrogens (tertiary/aromatic N) is 1. The molecule has 1 saturated heterocycles. The Morgan fingerprint density at radius 2 is 1.95 bits per heavy atom. The molecule has 1 heterocycles. The average Bonchev–Trinajstić information content (AvgIpc) is 3.22. The smallest absolute Gasteiger partial charge is 0.0574 e. The number of aliphatic hydroxyl groups is 1. The second-order valence-corrected chi connectivity index (χ2v) is 6.08. The van der Waals surface area contributed by atoms with Crippen molar-refractivity contribution in [2.24, 2.45) is 0 Å². The van der Waals surface area contributed by atoms with Gasteiger partial charge in [-0.2, -0.15) is 0 Å². The Morgan fingerprint density at radius 3 is 2.63 bits per heavy atom. The monoisotopic (exact) mass is 280 g/mol. The van der Waals surface area contributed by atoms with Gasteiger partial charge >= 0.3 is 0 Å². The highest BCUT2D eigenvalue weighted by Gasteiger charge is 2.22. The summed E-state index contributed by atoms with van der Waals surface area (Å²) in [7, 11) is 0. The number of anilines is 1. The van der Waals surface area contributed by atoms with Gasteiger partial charge < -0.3 is 15.3 Å². The minimum absolute atomic E-state index is 0.128. The van der Waals surface area contributed by atoms with Crippen molar-refractivity contribution >= 4 is 17.3 Å². The number of benzene rings is 1. The molecule has 4 heteroatoms. The Balaban J connectivity index is 1.74. The van der Waals surface area contributed by atoms with E-state index in [0.717, 1.165) is 37.5 Å². The molecule has 1 saturated carbocycles. The first-order chi connectivity index (χ1) is 9.22. The molecule has 1 aromatic carbocycles. The minimum atomic E-state index is -0.128. The summed E-state index contributed by atoms with van der Waals surface area (Å²) in [4.78, 5) is 2.37. The third-order valence-electron chi connectivity index (χ3n) is 4.01. The molecule has 2 fully saturated rings. The lowest BCUT2D eigenvalue weighted by Crippen LogP contribution is -2.36. The highest BCUT2D eigenvalue weighted by atomic mass is 35.5. The Morgan fingerprint density at radius 1 is 1.21 bits per heavy atom. The molecule has 0 amide bonds. The zero-order chi connectivity index (χ0) is 13.2. The van der Waals surface area contributed by atoms with Gasteiger partial charge in [0.1, 0.15) is 0 Å². The van der Waals surface area contributed by atoms with Gasteiger partial charge in [0.2, 0.25) is 0 Å². The first kappa shape index (κ1) is 13.2. The fourth-order valence-corrected chi connectivity index (χ4v) is 2.85. The fourth-order valence-electron chi connectivity index (χ4n) is 2.65. The average molecular weight is 281 g/mol. The van der Waals surface area contributed by atoms with Crippen LogP contribution >= 0.6 is 11.6 Å². The maximum absolute atomic E-state index is 9.61. The molecule has 0 atom stereocenters. The highest BCUT2D eigenvalue weighted by Crippen LogP contribution is 2.28. The summed E-state index contributed by atoms with van der Waals surface area (Å²) >= 11 is 6.12. The zero-order valence-electron chi connectivity index (χ0n) is 11.1. The van der Waals surface area contributed by atoms with Gasteiger partial charge in [0.25, 0.3) is 0 Å². The highest BCUT2D eigenvalue weighted by molar-refractivity contribution is 6.30. The van der Waals surface area contributed by atoms with E-state index in [-0.39, 0.29) is 6.10 Å². The van der Waals surface area contributed by atoms with E-state index in [0.29, 0.717) is 6.04 Å². The van der Waals surface area contributed by atoms with Crippen molar-refractivity contribution in [1.29, 1.82) is 0 Å². The minimum Gasteiger partial charge on any atom is -0.393 e. The number of halogens is 1. The molecule has 2 aliphatic rings. The van der Waals surface area contributed by atoms with Gasteiger partial charge in [-0.3, -0.25) is 0 Å². The molecule has 1 aliphatic heterocycles. The Labute approximate surface area is 119 Å². The predicted octanol–water partition coefficient (Wildman–Crippen LogP) is 2.55. The topological polar surface area (TPSA) is 35.5 Å². The van der Waals surface area contributed by atoms with Gasteiger partial charge in [-0.25, -0.2) is 0 Å². The van der Waals surface area contributed by atoms with Crippen LogP contribution in [0.5, 0.6) is 0 Å². The fraction of sp³-hybridized carbons (Fsp3) is 0.600. The van der Waals surface area contributed by atoms with Crippen LogP contribution in [0.3, 0.4) is 0 Å². The second-order valence-electron chi connectivity index (χ2n) is 5.65. The van der Waals surface area contributed by atoms with E-state index in [1.54, 1.807) is 0 Å². The molecule has 2 N–H and O–H groups in total. The molecule has 0 aromatic heterocycles. The number of piperidine rings is 1. The Bertz CT molecular complexity index is 440. The molecule has 1 aromatic rings. The lowest BCUT2D eigenvalue weighted by atomic mass is 10.0. The third-order valence-corrected chi connectivity index (χ3v) is 4.24. The lowest BCUT2D eigenvalue weighted by molar-refractivity contribution is 0.145. The molecule has 0 spiro atoms. The van der Waals surface area contributed by atoms with Crippen LogP contribution in [-0.2, 0) is 6.54 Å². The van der Waals surface area contributed by atoms with Crippen molar-refractivity contribution in [3.63, 3.8) is 0 Å². The molecule has 104 valence electrons. The van der Waals surface area contributed by atoms with Crippen molar-refractivity contribution in [3.05, 3.63) is 28.8 Å². The summed E-state index contributed by atoms with van der Waals surface area (Å²) in [6.45, 7) is 2.75. The number of hydrogen-bond donors (Lipinski definition) is 2. The van der Waals surface area contributed by atoms with Crippen LogP contribution in [0.2, 0.25) is 5.02 Å². The van der Waals surface area contributed by atoms with E-state index in [2.05, 4.69) is 22.3 Å². The quantitative estimate of drug-likeness (QED) is 0.890. The van der Waals surface area contributed by atoms with Crippen LogP contribution in [0.25, 0.3) is 0 Å². The first-order valence-corrected chi connectivity index (χ1v) is 7.55. The molecule has 0 unspecified atom stereocenters. The number of aliphatic hydroxyl groups excluding tert-OH is 1. The number of hydrogen-bond acceptors (Lipinski definition) is 3. The Kier molecular flexibility index (Phi) is 3.96. The molecule has 19 heavy (non-hydrogen) atoms. The van der Waals surface area contributed by atoms with E-state index >= 15 is 0 Å². The molecule has 0 radical (unpaired) electrons. The summed E-state index contributed by atoms with van der Waals surface area (Å²) in [6, 6.07) is 6.85. The van der Waals surface area contributed by atoms with E-state index in [4.69, 9.17) is 11.6 Å². The standard InChI is InChI=1S/C15H21ClN2O/c16-12-1-4-15(18-7-5-14(19)6-8-18)11(9-12)10-17-13-2-3-13/h1,4,9,13-14,17,19H,2-3,5-8,10H2. The molecule has 0 bridgehead atoms. The van der Waals surface area contributed by atoms with E-state index in [1.807, 2.05) is 6.07 Å². The maximum atomic E-state index is 9.61. The second kappa shape index (κ2) is 5.70. The van der Waals surface area contributed by atoms with Crippen LogP contribution in [0, 0.1) is 0 Å². The summed E-state index contributed by atoms with van der Waals surface area (Å²) in [5.41, 5.74) is 2.54. The van der Waals surface area contributed by atoms with E-state index in [1.165, 1.54) is 24.1 Å². The van der Waals surface area contributed by atoms with E-state index in [9.17, 15) is 5.11 Å². The lowest BCUT2D eigenvalue weighted by Gasteiger charge is -2.33. The van der Waals surface area contributed by atoms with Crippen molar-refractivity contribution < 1.29 is 5.11 Å². The maximum Gasteiger partial charge on any atom is 0.0574 e. The van der Waals surface area contributed by atoms with Crippen LogP contribution < -0.4 is 10.2 Å². The molecule has 3 rings (SSSR count). The van der Waals surface area contributed by atoms with Crippen molar-refractivity contribution in [2.75, 3.05) is 18.0 Å². The zero-order valence-corrected chi connectivity index (χ0v) is 11.9. The van der Waals surface area contributed by atoms with Gasteiger partial charge in [-0.15, -0.1) is 0 Å². The first-order valence-electron chi connectivity index (χ1n) is 7.17. The molecular weight excluding hydrogens is 260 g/mol. The SMILES string of the molecule is OC1CCN(c2ccc(Cl)cc2CNC2CC2)CC1. The van der Waals surface area contributed by atoms with Gasteiger partial charge in [0.15, 0.2) is 0 Å². The van der Waals surface area contributed by atoms with Gasteiger partial charge in [-0.05, 0) is 49.4 Å². The normalized spacial score (nSPS) is 20.8. The van der Waals surface area contributed by atoms with Crippen molar-refractivity contribution in [1.82, 2.24) is 5.32 Å². The number of rotatable bonds is 4. The van der Waals surface area contributed by atoms with Crippen LogP contribution in [0.4, 0.5) is 5.69 Å². The summed E-state index contributed by atoms with van der Waals surface area (Å²) in [6.07, 6.45) is 4.19. The molecule has 1 aliphatic carbocycles. The van der Waals surface area contributed by atoms with Crippen LogP contribution in [-0.4, -0.2) is 30.3 Å². The molecular formula is C15H21ClN2O.